The van der Waals surface area contributed by atoms with Crippen molar-refractivity contribution < 1.29 is 13.9 Å². The third-order valence-corrected chi connectivity index (χ3v) is 3.70. The first-order chi connectivity index (χ1) is 9.99. The molecule has 2 nitrogen and oxygen atoms in total. The third kappa shape index (κ3) is 3.96. The normalized spacial score (nSPS) is 12.0. The van der Waals surface area contributed by atoms with Crippen LogP contribution in [-0.4, -0.2) is 5.97 Å². The van der Waals surface area contributed by atoms with Gasteiger partial charge in [0.2, 0.25) is 0 Å². The monoisotopic (exact) mass is 326 g/mol. The summed E-state index contributed by atoms with van der Waals surface area (Å²) in [4.78, 5) is 11.9. The van der Waals surface area contributed by atoms with E-state index < -0.39 is 17.9 Å². The van der Waals surface area contributed by atoms with Gasteiger partial charge in [-0.3, -0.25) is 4.79 Å². The van der Waals surface area contributed by atoms with Crippen LogP contribution in [0.3, 0.4) is 0 Å². The van der Waals surface area contributed by atoms with E-state index in [1.807, 2.05) is 30.3 Å². The summed E-state index contributed by atoms with van der Waals surface area (Å²) >= 11 is 11.9. The average Bonchev–Trinajstić information content (AvgIpc) is 2.44. The van der Waals surface area contributed by atoms with E-state index in [1.165, 1.54) is 12.1 Å². The summed E-state index contributed by atoms with van der Waals surface area (Å²) in [5, 5.41) is 0.143. The Hall–Kier alpha value is -1.58. The predicted octanol–water partition coefficient (Wildman–Crippen LogP) is 4.98. The number of hydrogen-bond acceptors (Lipinski definition) is 2. The van der Waals surface area contributed by atoms with Crippen LogP contribution in [0.15, 0.2) is 42.5 Å². The average molecular weight is 327 g/mol. The molecule has 0 unspecified atom stereocenters. The van der Waals surface area contributed by atoms with E-state index in [1.54, 1.807) is 6.92 Å². The summed E-state index contributed by atoms with van der Waals surface area (Å²) in [6, 6.07) is 11.8. The van der Waals surface area contributed by atoms with Gasteiger partial charge in [0.15, 0.2) is 0 Å². The molecule has 0 fully saturated rings. The molecule has 5 heteroatoms. The first-order valence-corrected chi connectivity index (χ1v) is 7.11. The number of hydrogen-bond donors (Lipinski definition) is 0. The van der Waals surface area contributed by atoms with Gasteiger partial charge >= 0.3 is 5.97 Å². The second kappa shape index (κ2) is 6.92. The Morgan fingerprint density at radius 1 is 1.19 bits per heavy atom. The minimum Gasteiger partial charge on any atom is -0.457 e. The number of rotatable bonds is 4. The molecule has 21 heavy (non-hydrogen) atoms. The lowest BCUT2D eigenvalue weighted by molar-refractivity contribution is -0.147. The topological polar surface area (TPSA) is 26.3 Å². The zero-order valence-corrected chi connectivity index (χ0v) is 12.8. The first-order valence-electron chi connectivity index (χ1n) is 6.36. The highest BCUT2D eigenvalue weighted by Gasteiger charge is 2.20. The summed E-state index contributed by atoms with van der Waals surface area (Å²) < 4.78 is 18.8. The lowest BCUT2D eigenvalue weighted by Gasteiger charge is -2.16. The fourth-order valence-corrected chi connectivity index (χ4v) is 2.65. The van der Waals surface area contributed by atoms with E-state index in [0.29, 0.717) is 0 Å². The van der Waals surface area contributed by atoms with Gasteiger partial charge in [0.05, 0.1) is 11.4 Å². The highest BCUT2D eigenvalue weighted by Crippen LogP contribution is 2.34. The first kappa shape index (κ1) is 15.8. The maximum Gasteiger partial charge on any atom is 0.310 e. The maximum atomic E-state index is 13.5. The van der Waals surface area contributed by atoms with E-state index >= 15 is 0 Å². The molecule has 0 aromatic heterocycles. The number of ether oxygens (including phenoxy) is 1. The summed E-state index contributed by atoms with van der Waals surface area (Å²) in [7, 11) is 0. The molecule has 0 amide bonds. The fourth-order valence-electron chi connectivity index (χ4n) is 1.98. The zero-order valence-electron chi connectivity index (χ0n) is 11.3. The molecule has 0 radical (unpaired) electrons. The molecular formula is C16H13Cl2FO2. The quantitative estimate of drug-likeness (QED) is 0.585. The summed E-state index contributed by atoms with van der Waals surface area (Å²) in [6.07, 6.45) is -0.590. The molecule has 0 aliphatic carbocycles. The Kier molecular flexibility index (Phi) is 5.21. The second-order valence-corrected chi connectivity index (χ2v) is 5.34. The van der Waals surface area contributed by atoms with Crippen molar-refractivity contribution in [2.24, 2.45) is 0 Å². The van der Waals surface area contributed by atoms with Crippen LogP contribution in [0.2, 0.25) is 10.0 Å². The molecule has 2 rings (SSSR count). The van der Waals surface area contributed by atoms with Gasteiger partial charge in [0.25, 0.3) is 0 Å². The number of esters is 1. The Labute approximate surface area is 132 Å². The number of carbonyl (C=O) groups is 1. The maximum absolute atomic E-state index is 13.5. The van der Waals surface area contributed by atoms with Crippen LogP contribution in [0.25, 0.3) is 0 Å². The van der Waals surface area contributed by atoms with Crippen molar-refractivity contribution in [1.82, 2.24) is 0 Å². The van der Waals surface area contributed by atoms with Crippen molar-refractivity contribution >= 4 is 29.2 Å². The fraction of sp³-hybridized carbons (Fsp3) is 0.188. The van der Waals surface area contributed by atoms with Gasteiger partial charge in [0, 0.05) is 10.6 Å². The molecule has 1 atom stereocenters. The highest BCUT2D eigenvalue weighted by atomic mass is 35.5. The number of halogens is 3. The van der Waals surface area contributed by atoms with E-state index in [4.69, 9.17) is 27.9 Å². The van der Waals surface area contributed by atoms with Crippen LogP contribution in [0.1, 0.15) is 24.2 Å². The molecule has 0 spiro atoms. The zero-order chi connectivity index (χ0) is 15.4. The summed E-state index contributed by atoms with van der Waals surface area (Å²) in [5.41, 5.74) is 1.12. The van der Waals surface area contributed by atoms with E-state index in [-0.39, 0.29) is 22.0 Å². The lowest BCUT2D eigenvalue weighted by atomic mass is 10.1. The van der Waals surface area contributed by atoms with Crippen LogP contribution < -0.4 is 0 Å². The highest BCUT2D eigenvalue weighted by molar-refractivity contribution is 6.36. The summed E-state index contributed by atoms with van der Waals surface area (Å²) in [6.45, 7) is 1.61. The molecular weight excluding hydrogens is 314 g/mol. The standard InChI is InChI=1S/C16H13Cl2FO2/c1-10(15-12(17)7-8-13(19)16(15)18)21-14(20)9-11-5-3-2-4-6-11/h2-8,10H,9H2,1H3/t10-/m0/s1. The van der Waals surface area contributed by atoms with Crippen molar-refractivity contribution in [2.75, 3.05) is 0 Å². The molecule has 0 heterocycles. The molecule has 0 aliphatic heterocycles. The lowest BCUT2D eigenvalue weighted by Crippen LogP contribution is -2.12. The van der Waals surface area contributed by atoms with Gasteiger partial charge in [0.1, 0.15) is 11.9 Å². The van der Waals surface area contributed by atoms with Gasteiger partial charge in [-0.25, -0.2) is 4.39 Å². The van der Waals surface area contributed by atoms with Gasteiger partial charge in [-0.2, -0.15) is 0 Å². The van der Waals surface area contributed by atoms with Gasteiger partial charge in [-0.05, 0) is 24.6 Å². The SMILES string of the molecule is C[C@H](OC(=O)Cc1ccccc1)c1c(Cl)ccc(F)c1Cl. The molecule has 0 saturated heterocycles. The Morgan fingerprint density at radius 3 is 2.52 bits per heavy atom. The van der Waals surface area contributed by atoms with Crippen molar-refractivity contribution in [3.8, 4) is 0 Å². The molecule has 0 N–H and O–H groups in total. The minimum absolute atomic E-state index is 0.123. The molecule has 2 aromatic rings. The molecule has 2 aromatic carbocycles. The van der Waals surface area contributed by atoms with Crippen molar-refractivity contribution in [3.63, 3.8) is 0 Å². The van der Waals surface area contributed by atoms with E-state index in [0.717, 1.165) is 5.56 Å². The van der Waals surface area contributed by atoms with Crippen LogP contribution in [0.4, 0.5) is 4.39 Å². The number of carbonyl (C=O) groups excluding carboxylic acids is 1. The predicted molar refractivity (Wildman–Crippen MR) is 81.1 cm³/mol. The van der Waals surface area contributed by atoms with Gasteiger partial charge in [-0.1, -0.05) is 53.5 Å². The van der Waals surface area contributed by atoms with Crippen molar-refractivity contribution in [2.45, 2.75) is 19.4 Å². The van der Waals surface area contributed by atoms with E-state index in [9.17, 15) is 9.18 Å². The Morgan fingerprint density at radius 2 is 1.86 bits per heavy atom. The smallest absolute Gasteiger partial charge is 0.310 e. The summed E-state index contributed by atoms with van der Waals surface area (Å²) in [5.74, 6) is -1.02. The van der Waals surface area contributed by atoms with Crippen molar-refractivity contribution in [1.29, 1.82) is 0 Å². The molecule has 0 saturated carbocycles. The Balaban J connectivity index is 2.10. The van der Waals surface area contributed by atoms with E-state index in [2.05, 4.69) is 0 Å². The number of benzene rings is 2. The molecule has 110 valence electrons. The minimum atomic E-state index is -0.725. The van der Waals surface area contributed by atoms with Crippen molar-refractivity contribution in [3.05, 3.63) is 69.5 Å². The second-order valence-electron chi connectivity index (χ2n) is 4.55. The van der Waals surface area contributed by atoms with Crippen LogP contribution in [0.5, 0.6) is 0 Å². The van der Waals surface area contributed by atoms with Crippen LogP contribution in [-0.2, 0) is 16.0 Å². The molecule has 0 aliphatic rings. The van der Waals surface area contributed by atoms with Gasteiger partial charge < -0.3 is 4.74 Å². The Bertz CT molecular complexity index is 644. The molecule has 0 bridgehead atoms. The van der Waals surface area contributed by atoms with Crippen LogP contribution in [0, 0.1) is 5.82 Å². The van der Waals surface area contributed by atoms with Gasteiger partial charge in [-0.15, -0.1) is 0 Å². The largest absolute Gasteiger partial charge is 0.457 e. The third-order valence-electron chi connectivity index (χ3n) is 2.99. The van der Waals surface area contributed by atoms with Crippen LogP contribution >= 0.6 is 23.2 Å².